The molecular weight excluding hydrogens is 289 g/mol. The summed E-state index contributed by atoms with van der Waals surface area (Å²) in [5.41, 5.74) is -0.221. The summed E-state index contributed by atoms with van der Waals surface area (Å²) in [4.78, 5) is 11.4. The van der Waals surface area contributed by atoms with Gasteiger partial charge in [0.25, 0.3) is 0 Å². The molecule has 0 bridgehead atoms. The Bertz CT molecular complexity index is 382. The average molecular weight is 298 g/mol. The number of carbonyl (C=O) groups excluding carboxylic acids is 1. The van der Waals surface area contributed by atoms with Crippen molar-refractivity contribution < 1.29 is 13.6 Å². The SMILES string of the molecule is O=C(CCCCl)c1cc(F)c(Br)cc1F. The number of halogens is 4. The normalized spacial score (nSPS) is 10.4. The smallest absolute Gasteiger partial charge is 0.165 e. The van der Waals surface area contributed by atoms with Gasteiger partial charge >= 0.3 is 0 Å². The second-order valence-electron chi connectivity index (χ2n) is 2.96. The van der Waals surface area contributed by atoms with Crippen LogP contribution in [0.25, 0.3) is 0 Å². The molecule has 5 heteroatoms. The first-order chi connectivity index (χ1) is 7.06. The minimum atomic E-state index is -0.720. The summed E-state index contributed by atoms with van der Waals surface area (Å²) in [6.07, 6.45) is 0.582. The van der Waals surface area contributed by atoms with Gasteiger partial charge in [0.15, 0.2) is 5.78 Å². The van der Waals surface area contributed by atoms with E-state index in [4.69, 9.17) is 11.6 Å². The van der Waals surface area contributed by atoms with Gasteiger partial charge in [0, 0.05) is 12.3 Å². The first-order valence-electron chi connectivity index (χ1n) is 4.30. The number of alkyl halides is 1. The van der Waals surface area contributed by atoms with Crippen molar-refractivity contribution in [2.24, 2.45) is 0 Å². The predicted octanol–water partition coefficient (Wildman–Crippen LogP) is 3.93. The second-order valence-corrected chi connectivity index (χ2v) is 4.19. The van der Waals surface area contributed by atoms with E-state index in [0.717, 1.165) is 12.1 Å². The quantitative estimate of drug-likeness (QED) is 0.467. The van der Waals surface area contributed by atoms with Crippen LogP contribution in [0, 0.1) is 11.6 Å². The second kappa shape index (κ2) is 5.56. The standard InChI is InChI=1S/C10H8BrClF2O/c11-7-5-8(13)6(4-9(7)14)10(15)2-1-3-12/h4-5H,1-3H2. The molecule has 0 saturated carbocycles. The van der Waals surface area contributed by atoms with Gasteiger partial charge in [0.2, 0.25) is 0 Å². The first-order valence-corrected chi connectivity index (χ1v) is 5.62. The van der Waals surface area contributed by atoms with Crippen molar-refractivity contribution in [2.45, 2.75) is 12.8 Å². The zero-order valence-corrected chi connectivity index (χ0v) is 10.0. The molecule has 1 rings (SSSR count). The molecule has 0 aliphatic rings. The Hall–Kier alpha value is -0.480. The van der Waals surface area contributed by atoms with Gasteiger partial charge in [-0.3, -0.25) is 4.79 Å². The van der Waals surface area contributed by atoms with E-state index in [2.05, 4.69) is 15.9 Å². The van der Waals surface area contributed by atoms with Crippen molar-refractivity contribution in [1.29, 1.82) is 0 Å². The lowest BCUT2D eigenvalue weighted by molar-refractivity contribution is 0.0977. The van der Waals surface area contributed by atoms with Gasteiger partial charge in [-0.25, -0.2) is 8.78 Å². The van der Waals surface area contributed by atoms with Crippen LogP contribution in [0.5, 0.6) is 0 Å². The molecule has 82 valence electrons. The molecule has 1 aromatic carbocycles. The third-order valence-electron chi connectivity index (χ3n) is 1.85. The van der Waals surface area contributed by atoms with E-state index < -0.39 is 17.4 Å². The highest BCUT2D eigenvalue weighted by Gasteiger charge is 2.14. The van der Waals surface area contributed by atoms with E-state index in [9.17, 15) is 13.6 Å². The van der Waals surface area contributed by atoms with Crippen LogP contribution in [0.4, 0.5) is 8.78 Å². The molecule has 0 amide bonds. The number of rotatable bonds is 4. The Morgan fingerprint density at radius 2 is 2.00 bits per heavy atom. The van der Waals surface area contributed by atoms with Crippen molar-refractivity contribution in [3.05, 3.63) is 33.8 Å². The third-order valence-corrected chi connectivity index (χ3v) is 2.72. The van der Waals surface area contributed by atoms with E-state index >= 15 is 0 Å². The van der Waals surface area contributed by atoms with Crippen LogP contribution >= 0.6 is 27.5 Å². The zero-order valence-electron chi connectivity index (χ0n) is 7.70. The zero-order chi connectivity index (χ0) is 11.4. The van der Waals surface area contributed by atoms with Gasteiger partial charge in [-0.1, -0.05) is 0 Å². The lowest BCUT2D eigenvalue weighted by Crippen LogP contribution is -2.03. The van der Waals surface area contributed by atoms with Crippen LogP contribution in [-0.2, 0) is 0 Å². The van der Waals surface area contributed by atoms with Gasteiger partial charge in [-0.2, -0.15) is 0 Å². The molecule has 0 fully saturated rings. The van der Waals surface area contributed by atoms with E-state index in [1.165, 1.54) is 0 Å². The fourth-order valence-electron chi connectivity index (χ4n) is 1.10. The van der Waals surface area contributed by atoms with Crippen LogP contribution in [-0.4, -0.2) is 11.7 Å². The molecule has 0 aliphatic heterocycles. The Morgan fingerprint density at radius 1 is 1.33 bits per heavy atom. The van der Waals surface area contributed by atoms with Gasteiger partial charge in [-0.15, -0.1) is 11.6 Å². The summed E-state index contributed by atoms with van der Waals surface area (Å²) in [5.74, 6) is -1.47. The number of benzene rings is 1. The van der Waals surface area contributed by atoms with Crippen LogP contribution in [0.3, 0.4) is 0 Å². The molecule has 15 heavy (non-hydrogen) atoms. The minimum Gasteiger partial charge on any atom is -0.294 e. The third kappa shape index (κ3) is 3.24. The van der Waals surface area contributed by atoms with Crippen LogP contribution in [0.1, 0.15) is 23.2 Å². The molecule has 0 saturated heterocycles. The number of hydrogen-bond acceptors (Lipinski definition) is 1. The van der Waals surface area contributed by atoms with Crippen molar-refractivity contribution in [2.75, 3.05) is 5.88 Å². The van der Waals surface area contributed by atoms with E-state index in [1.54, 1.807) is 0 Å². The summed E-state index contributed by atoms with van der Waals surface area (Å²) in [7, 11) is 0. The Balaban J connectivity index is 2.94. The Labute approximate surface area is 99.6 Å². The van der Waals surface area contributed by atoms with Crippen molar-refractivity contribution in [3.8, 4) is 0 Å². The van der Waals surface area contributed by atoms with E-state index in [1.807, 2.05) is 0 Å². The highest BCUT2D eigenvalue weighted by Crippen LogP contribution is 2.21. The van der Waals surface area contributed by atoms with Gasteiger partial charge < -0.3 is 0 Å². The summed E-state index contributed by atoms with van der Waals surface area (Å²) in [6.45, 7) is 0. The molecule has 0 heterocycles. The lowest BCUT2D eigenvalue weighted by Gasteiger charge is -2.03. The number of Topliss-reactive ketones (excluding diaryl/α,β-unsaturated/α-hetero) is 1. The molecule has 0 spiro atoms. The first kappa shape index (κ1) is 12.6. The summed E-state index contributed by atoms with van der Waals surface area (Å²) < 4.78 is 26.3. The molecule has 1 nitrogen and oxygen atoms in total. The number of ketones is 1. The fourth-order valence-corrected chi connectivity index (χ4v) is 1.55. The predicted molar refractivity (Wildman–Crippen MR) is 58.3 cm³/mol. The number of hydrogen-bond donors (Lipinski definition) is 0. The fraction of sp³-hybridized carbons (Fsp3) is 0.300. The van der Waals surface area contributed by atoms with Crippen LogP contribution in [0.15, 0.2) is 16.6 Å². The van der Waals surface area contributed by atoms with Gasteiger partial charge in [0.05, 0.1) is 10.0 Å². The van der Waals surface area contributed by atoms with Crippen LogP contribution in [0.2, 0.25) is 0 Å². The maximum Gasteiger partial charge on any atom is 0.165 e. The molecule has 0 aromatic heterocycles. The summed E-state index contributed by atoms with van der Waals surface area (Å²) >= 11 is 8.24. The molecule has 0 unspecified atom stereocenters. The molecule has 1 aromatic rings. The molecule has 0 atom stereocenters. The molecular formula is C10H8BrClF2O. The lowest BCUT2D eigenvalue weighted by atomic mass is 10.1. The molecule has 0 aliphatic carbocycles. The van der Waals surface area contributed by atoms with Crippen molar-refractivity contribution in [3.63, 3.8) is 0 Å². The van der Waals surface area contributed by atoms with Crippen molar-refractivity contribution >= 4 is 33.3 Å². The average Bonchev–Trinajstić information content (AvgIpc) is 2.20. The van der Waals surface area contributed by atoms with E-state index in [0.29, 0.717) is 12.3 Å². The highest BCUT2D eigenvalue weighted by atomic mass is 79.9. The van der Waals surface area contributed by atoms with Crippen LogP contribution < -0.4 is 0 Å². The van der Waals surface area contributed by atoms with E-state index in [-0.39, 0.29) is 16.5 Å². The van der Waals surface area contributed by atoms with Gasteiger partial charge in [-0.05, 0) is 34.5 Å². The largest absolute Gasteiger partial charge is 0.294 e. The van der Waals surface area contributed by atoms with Crippen molar-refractivity contribution in [1.82, 2.24) is 0 Å². The number of carbonyl (C=O) groups is 1. The Kier molecular flexibility index (Phi) is 4.67. The molecule has 0 radical (unpaired) electrons. The van der Waals surface area contributed by atoms with Gasteiger partial charge in [0.1, 0.15) is 11.6 Å². The monoisotopic (exact) mass is 296 g/mol. The maximum atomic E-state index is 13.3. The minimum absolute atomic E-state index is 0.00823. The highest BCUT2D eigenvalue weighted by molar-refractivity contribution is 9.10. The summed E-state index contributed by atoms with van der Waals surface area (Å²) in [6, 6.07) is 1.85. The molecule has 0 N–H and O–H groups in total. The maximum absolute atomic E-state index is 13.3. The Morgan fingerprint density at radius 3 is 2.60 bits per heavy atom. The summed E-state index contributed by atoms with van der Waals surface area (Å²) in [5, 5.41) is 0. The topological polar surface area (TPSA) is 17.1 Å².